The van der Waals surface area contributed by atoms with Gasteiger partial charge in [-0.05, 0) is 56.9 Å². The summed E-state index contributed by atoms with van der Waals surface area (Å²) in [6.07, 6.45) is 2.67. The van der Waals surface area contributed by atoms with Gasteiger partial charge in [0, 0.05) is 48.4 Å². The molecule has 0 amide bonds. The van der Waals surface area contributed by atoms with Crippen molar-refractivity contribution in [3.63, 3.8) is 0 Å². The van der Waals surface area contributed by atoms with E-state index in [4.69, 9.17) is 4.99 Å². The Labute approximate surface area is 208 Å². The first-order valence-corrected chi connectivity index (χ1v) is 11.9. The van der Waals surface area contributed by atoms with Gasteiger partial charge >= 0.3 is 0 Å². The van der Waals surface area contributed by atoms with Gasteiger partial charge in [0.25, 0.3) is 0 Å². The number of nitrogens with one attached hydrogen (secondary N) is 2. The predicted molar refractivity (Wildman–Crippen MR) is 143 cm³/mol. The Morgan fingerprint density at radius 1 is 1.16 bits per heavy atom. The molecule has 1 aromatic carbocycles. The maximum Gasteiger partial charge on any atom is 0.191 e. The highest BCUT2D eigenvalue weighted by atomic mass is 127. The van der Waals surface area contributed by atoms with Gasteiger partial charge in [-0.1, -0.05) is 24.3 Å². The van der Waals surface area contributed by atoms with E-state index in [1.807, 2.05) is 11.3 Å². The number of thiophene rings is 1. The molecular weight excluding hydrogens is 519 g/mol. The SMILES string of the molecule is CCNC(=NCc1ccc(CN2CCC(O)CC2)cc1)NC(C)Cc1ccc(C)s1.I. The summed E-state index contributed by atoms with van der Waals surface area (Å²) in [5.74, 6) is 0.870. The zero-order chi connectivity index (χ0) is 21.3. The van der Waals surface area contributed by atoms with Crippen LogP contribution >= 0.6 is 35.3 Å². The van der Waals surface area contributed by atoms with Crippen LogP contribution in [0.15, 0.2) is 41.4 Å². The van der Waals surface area contributed by atoms with Crippen molar-refractivity contribution in [2.45, 2.75) is 65.3 Å². The van der Waals surface area contributed by atoms with Crippen LogP contribution in [-0.2, 0) is 19.5 Å². The van der Waals surface area contributed by atoms with Crippen molar-refractivity contribution in [3.05, 3.63) is 57.3 Å². The molecule has 0 spiro atoms. The van der Waals surface area contributed by atoms with Crippen LogP contribution in [0.25, 0.3) is 0 Å². The normalized spacial score (nSPS) is 16.6. The third-order valence-electron chi connectivity index (χ3n) is 5.44. The van der Waals surface area contributed by atoms with Gasteiger partial charge in [0.2, 0.25) is 0 Å². The predicted octanol–water partition coefficient (Wildman–Crippen LogP) is 4.32. The molecule has 1 fully saturated rings. The number of hydrogen-bond donors (Lipinski definition) is 3. The van der Waals surface area contributed by atoms with E-state index in [0.717, 1.165) is 51.4 Å². The van der Waals surface area contributed by atoms with Crippen LogP contribution in [0.3, 0.4) is 0 Å². The number of hydrogen-bond acceptors (Lipinski definition) is 4. The summed E-state index contributed by atoms with van der Waals surface area (Å²) >= 11 is 1.86. The summed E-state index contributed by atoms with van der Waals surface area (Å²) in [5.41, 5.74) is 2.54. The third kappa shape index (κ3) is 9.08. The number of benzene rings is 1. The van der Waals surface area contributed by atoms with Gasteiger partial charge in [0.15, 0.2) is 5.96 Å². The van der Waals surface area contributed by atoms with Gasteiger partial charge in [0.05, 0.1) is 12.6 Å². The summed E-state index contributed by atoms with van der Waals surface area (Å²) in [6.45, 7) is 10.9. The minimum atomic E-state index is -0.113. The molecule has 31 heavy (non-hydrogen) atoms. The van der Waals surface area contributed by atoms with Crippen molar-refractivity contribution in [1.82, 2.24) is 15.5 Å². The number of aliphatic hydroxyl groups excluding tert-OH is 1. The van der Waals surface area contributed by atoms with Crippen molar-refractivity contribution in [2.75, 3.05) is 19.6 Å². The number of piperidine rings is 1. The molecular formula is C24H37IN4OS. The molecule has 7 heteroatoms. The first kappa shape index (κ1) is 26.1. The standard InChI is InChI=1S/C24H36N4OS.HI/c1-4-25-24(27-18(2)15-23-10-5-19(3)30-23)26-16-20-6-8-21(9-7-20)17-28-13-11-22(29)12-14-28;/h5-10,18,22,29H,4,11-17H2,1-3H3,(H2,25,26,27);1H. The van der Waals surface area contributed by atoms with E-state index in [0.29, 0.717) is 12.6 Å². The highest BCUT2D eigenvalue weighted by Gasteiger charge is 2.16. The first-order chi connectivity index (χ1) is 14.5. The van der Waals surface area contributed by atoms with E-state index < -0.39 is 0 Å². The number of aliphatic imine (C=N–C) groups is 1. The minimum absolute atomic E-state index is 0. The molecule has 2 aromatic rings. The van der Waals surface area contributed by atoms with Crippen LogP contribution in [-0.4, -0.2) is 47.7 Å². The van der Waals surface area contributed by atoms with Crippen LogP contribution in [0.1, 0.15) is 47.6 Å². The minimum Gasteiger partial charge on any atom is -0.393 e. The Bertz CT molecular complexity index is 800. The number of nitrogens with zero attached hydrogens (tertiary/aromatic N) is 2. The summed E-state index contributed by atoms with van der Waals surface area (Å²) in [6, 6.07) is 13.5. The fourth-order valence-corrected chi connectivity index (χ4v) is 4.78. The lowest BCUT2D eigenvalue weighted by Gasteiger charge is -2.29. The molecule has 0 bridgehead atoms. The van der Waals surface area contributed by atoms with Crippen molar-refractivity contribution in [1.29, 1.82) is 0 Å². The summed E-state index contributed by atoms with van der Waals surface area (Å²) < 4.78 is 0. The van der Waals surface area contributed by atoms with Crippen molar-refractivity contribution in [2.24, 2.45) is 4.99 Å². The number of likely N-dealkylation sites (tertiary alicyclic amines) is 1. The number of guanidine groups is 1. The van der Waals surface area contributed by atoms with E-state index in [9.17, 15) is 5.11 Å². The molecule has 0 aliphatic carbocycles. The van der Waals surface area contributed by atoms with Crippen LogP contribution in [0.4, 0.5) is 0 Å². The van der Waals surface area contributed by atoms with E-state index in [-0.39, 0.29) is 30.1 Å². The van der Waals surface area contributed by atoms with E-state index >= 15 is 0 Å². The molecule has 0 radical (unpaired) electrons. The first-order valence-electron chi connectivity index (χ1n) is 11.1. The molecule has 0 saturated carbocycles. The molecule has 1 aliphatic rings. The van der Waals surface area contributed by atoms with E-state index in [1.54, 1.807) is 0 Å². The van der Waals surface area contributed by atoms with Gasteiger partial charge in [0.1, 0.15) is 0 Å². The quantitative estimate of drug-likeness (QED) is 0.258. The Balaban J connectivity index is 0.00000341. The van der Waals surface area contributed by atoms with Crippen molar-refractivity contribution >= 4 is 41.3 Å². The van der Waals surface area contributed by atoms with Gasteiger partial charge in [-0.2, -0.15) is 0 Å². The molecule has 172 valence electrons. The zero-order valence-electron chi connectivity index (χ0n) is 18.9. The van der Waals surface area contributed by atoms with Gasteiger partial charge < -0.3 is 15.7 Å². The monoisotopic (exact) mass is 556 g/mol. The fourth-order valence-electron chi connectivity index (χ4n) is 3.76. The smallest absolute Gasteiger partial charge is 0.191 e. The Kier molecular flexibility index (Phi) is 11.3. The lowest BCUT2D eigenvalue weighted by molar-refractivity contribution is 0.0792. The van der Waals surface area contributed by atoms with Crippen LogP contribution in [0.2, 0.25) is 0 Å². The van der Waals surface area contributed by atoms with Crippen LogP contribution < -0.4 is 10.6 Å². The molecule has 1 aromatic heterocycles. The number of aliphatic hydroxyl groups is 1. The van der Waals surface area contributed by atoms with Crippen LogP contribution in [0, 0.1) is 6.92 Å². The summed E-state index contributed by atoms with van der Waals surface area (Å²) in [4.78, 5) is 9.97. The number of aryl methyl sites for hydroxylation is 1. The second-order valence-electron chi connectivity index (χ2n) is 8.28. The molecule has 2 heterocycles. The lowest BCUT2D eigenvalue weighted by Crippen LogP contribution is -2.43. The third-order valence-corrected chi connectivity index (χ3v) is 6.46. The largest absolute Gasteiger partial charge is 0.393 e. The molecule has 3 rings (SSSR count). The fraction of sp³-hybridized carbons (Fsp3) is 0.542. The molecule has 1 unspecified atom stereocenters. The van der Waals surface area contributed by atoms with Gasteiger partial charge in [-0.25, -0.2) is 4.99 Å². The highest BCUT2D eigenvalue weighted by molar-refractivity contribution is 14.0. The average Bonchev–Trinajstić information content (AvgIpc) is 3.13. The van der Waals surface area contributed by atoms with Gasteiger partial charge in [-0.3, -0.25) is 4.90 Å². The lowest BCUT2D eigenvalue weighted by atomic mass is 10.1. The summed E-state index contributed by atoms with van der Waals surface area (Å²) in [7, 11) is 0. The van der Waals surface area contributed by atoms with E-state index in [1.165, 1.54) is 20.9 Å². The van der Waals surface area contributed by atoms with Crippen molar-refractivity contribution in [3.8, 4) is 0 Å². The van der Waals surface area contributed by atoms with E-state index in [2.05, 4.69) is 72.7 Å². The maximum atomic E-state index is 9.65. The number of rotatable bonds is 8. The Morgan fingerprint density at radius 3 is 2.45 bits per heavy atom. The Hall–Kier alpha value is -1.16. The average molecular weight is 557 g/mol. The van der Waals surface area contributed by atoms with Gasteiger partial charge in [-0.15, -0.1) is 35.3 Å². The zero-order valence-corrected chi connectivity index (χ0v) is 22.1. The second kappa shape index (κ2) is 13.4. The molecule has 3 N–H and O–H groups in total. The van der Waals surface area contributed by atoms with Crippen LogP contribution in [0.5, 0.6) is 0 Å². The maximum absolute atomic E-state index is 9.65. The van der Waals surface area contributed by atoms with Crippen molar-refractivity contribution < 1.29 is 5.11 Å². The topological polar surface area (TPSA) is 59.9 Å². The number of halogens is 1. The molecule has 1 saturated heterocycles. The Morgan fingerprint density at radius 2 is 1.84 bits per heavy atom. The second-order valence-corrected chi connectivity index (χ2v) is 9.65. The summed E-state index contributed by atoms with van der Waals surface area (Å²) in [5, 5.41) is 16.5. The molecule has 1 aliphatic heterocycles. The molecule has 1 atom stereocenters. The molecule has 5 nitrogen and oxygen atoms in total. The highest BCUT2D eigenvalue weighted by Crippen LogP contribution is 2.17.